The number of aliphatic carboxylic acids is 1. The highest BCUT2D eigenvalue weighted by Crippen LogP contribution is 2.36. The third-order valence-electron chi connectivity index (χ3n) is 6.63. The Labute approximate surface area is 230 Å². The Morgan fingerprint density at radius 1 is 1.05 bits per heavy atom. The first-order valence-corrected chi connectivity index (χ1v) is 13.1. The number of hydrogen-bond donors (Lipinski definition) is 1. The maximum absolute atomic E-state index is 13.4. The number of benzene rings is 3. The average Bonchev–Trinajstić information content (AvgIpc) is 3.30. The van der Waals surface area contributed by atoms with Gasteiger partial charge in [-0.15, -0.1) is 0 Å². The van der Waals surface area contributed by atoms with Gasteiger partial charge in [0, 0.05) is 31.2 Å². The summed E-state index contributed by atoms with van der Waals surface area (Å²) < 4.78 is 48.0. The van der Waals surface area contributed by atoms with Crippen LogP contribution in [0.4, 0.5) is 13.2 Å². The molecule has 0 bridgehead atoms. The van der Waals surface area contributed by atoms with Crippen LogP contribution in [-0.2, 0) is 24.1 Å². The zero-order valence-electron chi connectivity index (χ0n) is 21.5. The summed E-state index contributed by atoms with van der Waals surface area (Å²) in [6.07, 6.45) is -2.17. The number of fused-ring (bicyclic) bond motifs is 1. The zero-order valence-corrected chi connectivity index (χ0v) is 22.3. The molecule has 5 nitrogen and oxygen atoms in total. The van der Waals surface area contributed by atoms with Gasteiger partial charge in [0.25, 0.3) is 0 Å². The minimum Gasteiger partial charge on any atom is -0.493 e. The molecule has 0 spiro atoms. The van der Waals surface area contributed by atoms with Crippen molar-refractivity contribution in [3.63, 3.8) is 0 Å². The molecule has 0 aliphatic heterocycles. The lowest BCUT2D eigenvalue weighted by Crippen LogP contribution is -2.30. The number of aromatic nitrogens is 1. The first-order chi connectivity index (χ1) is 18.6. The van der Waals surface area contributed by atoms with Crippen molar-refractivity contribution in [2.75, 3.05) is 19.7 Å². The van der Waals surface area contributed by atoms with E-state index >= 15 is 0 Å². The summed E-state index contributed by atoms with van der Waals surface area (Å²) in [6, 6.07) is 21.3. The number of carbonyl (C=O) groups is 1. The Morgan fingerprint density at radius 2 is 1.79 bits per heavy atom. The first kappa shape index (κ1) is 28.5. The van der Waals surface area contributed by atoms with Gasteiger partial charge in [-0.25, -0.2) is 0 Å². The molecule has 0 fully saturated rings. The highest BCUT2D eigenvalue weighted by Gasteiger charge is 2.34. The second kappa shape index (κ2) is 12.6. The molecule has 4 rings (SSSR count). The average molecular weight is 559 g/mol. The number of nitrogens with zero attached hydrogens (tertiary/aromatic N) is 2. The zero-order chi connectivity index (χ0) is 28.0. The summed E-state index contributed by atoms with van der Waals surface area (Å²) in [5, 5.41) is 9.69. The lowest BCUT2D eigenvalue weighted by molar-refractivity contribution is -0.138. The number of hydrogen-bond acceptors (Lipinski definition) is 3. The molecular weight excluding hydrogens is 529 g/mol. The van der Waals surface area contributed by atoms with E-state index in [2.05, 4.69) is 11.8 Å². The molecule has 0 radical (unpaired) electrons. The molecule has 0 amide bonds. The molecule has 0 aliphatic carbocycles. The van der Waals surface area contributed by atoms with Crippen molar-refractivity contribution in [3.05, 3.63) is 101 Å². The Bertz CT molecular complexity index is 1410. The van der Waals surface area contributed by atoms with Crippen LogP contribution < -0.4 is 4.74 Å². The van der Waals surface area contributed by atoms with Gasteiger partial charge < -0.3 is 14.4 Å². The van der Waals surface area contributed by atoms with Gasteiger partial charge in [0.15, 0.2) is 0 Å². The first-order valence-electron chi connectivity index (χ1n) is 12.7. The van der Waals surface area contributed by atoms with Crippen molar-refractivity contribution >= 4 is 28.5 Å². The Morgan fingerprint density at radius 3 is 2.51 bits per heavy atom. The van der Waals surface area contributed by atoms with Crippen LogP contribution in [-0.4, -0.2) is 40.2 Å². The lowest BCUT2D eigenvalue weighted by atomic mass is 10.00. The van der Waals surface area contributed by atoms with E-state index in [0.29, 0.717) is 37.4 Å². The number of carboxylic acids is 1. The van der Waals surface area contributed by atoms with Gasteiger partial charge in [-0.2, -0.15) is 13.2 Å². The van der Waals surface area contributed by atoms with Crippen molar-refractivity contribution in [2.24, 2.45) is 0 Å². The summed E-state index contributed by atoms with van der Waals surface area (Å²) in [5.41, 5.74) is 1.51. The Balaban J connectivity index is 1.46. The number of carboxylic acid groups (broad SMARTS) is 1. The molecule has 206 valence electrons. The van der Waals surface area contributed by atoms with Crippen LogP contribution in [0.25, 0.3) is 10.9 Å². The van der Waals surface area contributed by atoms with Crippen molar-refractivity contribution in [3.8, 4) is 5.75 Å². The standard InChI is InChI=1S/C30H30ClF3N2O3/c1-21(22-8-3-2-4-9-22)18-35(19-23-10-5-11-25(29(23)31)30(32,33)34)15-7-17-39-27-13-6-12-26-24(27)14-16-36(26)20-28(37)38/h2-6,8-14,16,21H,7,15,17-20H2,1H3,(H,37,38)/t21-/m0/s1. The summed E-state index contributed by atoms with van der Waals surface area (Å²) in [4.78, 5) is 13.2. The van der Waals surface area contributed by atoms with Crippen LogP contribution in [0.3, 0.4) is 0 Å². The molecular formula is C30H30ClF3N2O3. The van der Waals surface area contributed by atoms with E-state index in [1.54, 1.807) is 16.8 Å². The molecule has 1 aromatic heterocycles. The fraction of sp³-hybridized carbons (Fsp3) is 0.300. The molecule has 1 atom stereocenters. The van der Waals surface area contributed by atoms with Gasteiger partial charge in [0.2, 0.25) is 0 Å². The second-order valence-corrected chi connectivity index (χ2v) is 9.93. The molecule has 0 unspecified atom stereocenters. The fourth-order valence-electron chi connectivity index (χ4n) is 4.75. The van der Waals surface area contributed by atoms with Crippen molar-refractivity contribution < 1.29 is 27.8 Å². The summed E-state index contributed by atoms with van der Waals surface area (Å²) in [5.74, 6) is -0.120. The smallest absolute Gasteiger partial charge is 0.417 e. The maximum Gasteiger partial charge on any atom is 0.417 e. The van der Waals surface area contributed by atoms with Gasteiger partial charge in [-0.05, 0) is 47.7 Å². The number of alkyl halides is 3. The van der Waals surface area contributed by atoms with Gasteiger partial charge in [0.1, 0.15) is 12.3 Å². The fourth-order valence-corrected chi connectivity index (χ4v) is 5.04. The highest BCUT2D eigenvalue weighted by atomic mass is 35.5. The molecule has 4 aromatic rings. The van der Waals surface area contributed by atoms with Gasteiger partial charge in [0.05, 0.1) is 22.7 Å². The monoisotopic (exact) mass is 558 g/mol. The molecule has 1 N–H and O–H groups in total. The number of rotatable bonds is 12. The van der Waals surface area contributed by atoms with Gasteiger partial charge in [-0.1, -0.05) is 67.1 Å². The number of halogens is 4. The molecule has 0 saturated carbocycles. The maximum atomic E-state index is 13.4. The normalized spacial score (nSPS) is 12.7. The van der Waals surface area contributed by atoms with Gasteiger partial charge >= 0.3 is 12.1 Å². The van der Waals surface area contributed by atoms with E-state index in [4.69, 9.17) is 21.4 Å². The van der Waals surface area contributed by atoms with E-state index in [0.717, 1.165) is 22.5 Å². The van der Waals surface area contributed by atoms with Crippen molar-refractivity contribution in [2.45, 2.75) is 38.5 Å². The minimum absolute atomic E-state index is 0.139. The third-order valence-corrected chi connectivity index (χ3v) is 7.08. The lowest BCUT2D eigenvalue weighted by Gasteiger charge is -2.27. The van der Waals surface area contributed by atoms with Crippen LogP contribution in [0.1, 0.15) is 36.0 Å². The van der Waals surface area contributed by atoms with E-state index < -0.39 is 17.7 Å². The van der Waals surface area contributed by atoms with Crippen molar-refractivity contribution in [1.82, 2.24) is 9.47 Å². The highest BCUT2D eigenvalue weighted by molar-refractivity contribution is 6.32. The second-order valence-electron chi connectivity index (χ2n) is 9.55. The molecule has 0 aliphatic rings. The Hall–Kier alpha value is -3.49. The molecule has 0 saturated heterocycles. The largest absolute Gasteiger partial charge is 0.493 e. The van der Waals surface area contributed by atoms with Crippen LogP contribution >= 0.6 is 11.6 Å². The summed E-state index contributed by atoms with van der Waals surface area (Å²) in [7, 11) is 0. The SMILES string of the molecule is C[C@@H](CN(CCCOc1cccc2c1ccn2CC(=O)O)Cc1cccc(C(F)(F)F)c1Cl)c1ccccc1. The topological polar surface area (TPSA) is 54.7 Å². The van der Waals surface area contributed by atoms with E-state index in [1.807, 2.05) is 54.6 Å². The predicted molar refractivity (Wildman–Crippen MR) is 146 cm³/mol. The number of ether oxygens (including phenoxy) is 1. The van der Waals surface area contributed by atoms with E-state index in [9.17, 15) is 18.0 Å². The van der Waals surface area contributed by atoms with Gasteiger partial charge in [-0.3, -0.25) is 9.69 Å². The van der Waals surface area contributed by atoms with Crippen LogP contribution in [0.5, 0.6) is 5.75 Å². The summed E-state index contributed by atoms with van der Waals surface area (Å²) in [6.45, 7) is 3.82. The van der Waals surface area contributed by atoms with Crippen LogP contribution in [0, 0.1) is 0 Å². The Kier molecular flexibility index (Phi) is 9.20. The van der Waals surface area contributed by atoms with E-state index in [1.165, 1.54) is 6.07 Å². The predicted octanol–water partition coefficient (Wildman–Crippen LogP) is 7.47. The van der Waals surface area contributed by atoms with Crippen LogP contribution in [0.2, 0.25) is 5.02 Å². The molecule has 9 heteroatoms. The molecule has 3 aromatic carbocycles. The third kappa shape index (κ3) is 7.34. The molecule has 39 heavy (non-hydrogen) atoms. The minimum atomic E-state index is -4.52. The quantitative estimate of drug-likeness (QED) is 0.183. The van der Waals surface area contributed by atoms with E-state index in [-0.39, 0.29) is 24.0 Å². The van der Waals surface area contributed by atoms with Crippen molar-refractivity contribution in [1.29, 1.82) is 0 Å². The molecule has 1 heterocycles. The summed E-state index contributed by atoms with van der Waals surface area (Å²) >= 11 is 6.21. The van der Waals surface area contributed by atoms with Crippen LogP contribution in [0.15, 0.2) is 79.0 Å².